The van der Waals surface area contributed by atoms with Crippen molar-refractivity contribution >= 4 is 11.6 Å². The Labute approximate surface area is 107 Å². The first kappa shape index (κ1) is 12.8. The second kappa shape index (κ2) is 5.82. The molecule has 1 amide bonds. The van der Waals surface area contributed by atoms with Gasteiger partial charge in [0.05, 0.1) is 11.7 Å². The summed E-state index contributed by atoms with van der Waals surface area (Å²) in [6.45, 7) is 1.49. The molecule has 1 aromatic rings. The summed E-state index contributed by atoms with van der Waals surface area (Å²) in [6, 6.07) is 1.81. The van der Waals surface area contributed by atoms with Gasteiger partial charge in [0.2, 0.25) is 0 Å². The lowest BCUT2D eigenvalue weighted by Gasteiger charge is -2.31. The Kier molecular flexibility index (Phi) is 4.15. The van der Waals surface area contributed by atoms with Crippen LogP contribution >= 0.6 is 0 Å². The van der Waals surface area contributed by atoms with Gasteiger partial charge >= 0.3 is 0 Å². The van der Waals surface area contributed by atoms with Crippen molar-refractivity contribution in [3.8, 4) is 0 Å². The van der Waals surface area contributed by atoms with E-state index in [1.807, 2.05) is 18.0 Å². The quantitative estimate of drug-likeness (QED) is 0.879. The van der Waals surface area contributed by atoms with Crippen molar-refractivity contribution in [1.29, 1.82) is 0 Å². The number of anilines is 1. The van der Waals surface area contributed by atoms with Crippen LogP contribution in [-0.2, 0) is 4.74 Å². The number of amides is 1. The number of carbonyl (C=O) groups excluding carboxylic acids is 1. The molecule has 0 saturated carbocycles. The summed E-state index contributed by atoms with van der Waals surface area (Å²) in [5.41, 5.74) is 1.46. The van der Waals surface area contributed by atoms with Crippen molar-refractivity contribution in [1.82, 2.24) is 9.88 Å². The fraction of sp³-hybridized carbons (Fsp3) is 0.538. The topological polar surface area (TPSA) is 54.5 Å². The van der Waals surface area contributed by atoms with E-state index in [2.05, 4.69) is 10.3 Å². The second-order valence-corrected chi connectivity index (χ2v) is 4.40. The number of hydrogen-bond acceptors (Lipinski definition) is 4. The Bertz CT molecular complexity index is 414. The normalized spacial score (nSPS) is 16.7. The summed E-state index contributed by atoms with van der Waals surface area (Å²) in [7, 11) is 3.53. The zero-order valence-electron chi connectivity index (χ0n) is 10.8. The van der Waals surface area contributed by atoms with Crippen molar-refractivity contribution in [2.45, 2.75) is 18.9 Å². The van der Waals surface area contributed by atoms with Crippen LogP contribution in [0.1, 0.15) is 23.2 Å². The van der Waals surface area contributed by atoms with E-state index >= 15 is 0 Å². The van der Waals surface area contributed by atoms with E-state index < -0.39 is 0 Å². The van der Waals surface area contributed by atoms with Gasteiger partial charge in [-0.05, 0) is 18.9 Å². The maximum Gasteiger partial charge on any atom is 0.257 e. The molecule has 98 valence electrons. The molecule has 2 heterocycles. The van der Waals surface area contributed by atoms with Crippen LogP contribution in [0.15, 0.2) is 18.5 Å². The molecule has 0 unspecified atom stereocenters. The molecule has 5 nitrogen and oxygen atoms in total. The van der Waals surface area contributed by atoms with Gasteiger partial charge in [0.25, 0.3) is 5.91 Å². The van der Waals surface area contributed by atoms with E-state index in [9.17, 15) is 4.79 Å². The Morgan fingerprint density at radius 2 is 2.22 bits per heavy atom. The number of rotatable bonds is 3. The molecule has 0 aromatic carbocycles. The molecule has 0 aliphatic carbocycles. The molecule has 1 saturated heterocycles. The van der Waals surface area contributed by atoms with Crippen LogP contribution in [0, 0.1) is 0 Å². The number of ether oxygens (including phenoxy) is 1. The predicted molar refractivity (Wildman–Crippen MR) is 69.7 cm³/mol. The number of hydrogen-bond donors (Lipinski definition) is 1. The number of methoxy groups -OCH3 is 1. The van der Waals surface area contributed by atoms with E-state index in [4.69, 9.17) is 4.74 Å². The highest BCUT2D eigenvalue weighted by molar-refractivity contribution is 5.99. The first-order chi connectivity index (χ1) is 8.76. The highest BCUT2D eigenvalue weighted by atomic mass is 16.5. The van der Waals surface area contributed by atoms with Crippen LogP contribution in [0.5, 0.6) is 0 Å². The molecule has 2 rings (SSSR count). The van der Waals surface area contributed by atoms with Gasteiger partial charge in [0, 0.05) is 45.3 Å². The molecule has 0 spiro atoms. The minimum Gasteiger partial charge on any atom is -0.387 e. The van der Waals surface area contributed by atoms with Crippen molar-refractivity contribution in [2.75, 3.05) is 32.6 Å². The third kappa shape index (κ3) is 2.61. The van der Waals surface area contributed by atoms with Gasteiger partial charge in [0.1, 0.15) is 0 Å². The van der Waals surface area contributed by atoms with Crippen LogP contribution in [-0.4, -0.2) is 49.1 Å². The highest BCUT2D eigenvalue weighted by Gasteiger charge is 2.24. The van der Waals surface area contributed by atoms with Crippen LogP contribution < -0.4 is 5.32 Å². The largest absolute Gasteiger partial charge is 0.387 e. The summed E-state index contributed by atoms with van der Waals surface area (Å²) < 4.78 is 5.31. The fourth-order valence-electron chi connectivity index (χ4n) is 2.25. The molecule has 1 N–H and O–H groups in total. The van der Waals surface area contributed by atoms with Crippen LogP contribution in [0.3, 0.4) is 0 Å². The average molecular weight is 249 g/mol. The number of nitrogens with zero attached hydrogens (tertiary/aromatic N) is 2. The number of nitrogens with one attached hydrogen (secondary N) is 1. The smallest absolute Gasteiger partial charge is 0.257 e. The van der Waals surface area contributed by atoms with Gasteiger partial charge in [0.15, 0.2) is 0 Å². The maximum atomic E-state index is 12.4. The molecular formula is C13H19N3O2. The predicted octanol–water partition coefficient (Wildman–Crippen LogP) is 1.37. The monoisotopic (exact) mass is 249 g/mol. The highest BCUT2D eigenvalue weighted by Crippen LogP contribution is 2.19. The Hall–Kier alpha value is -1.62. The third-order valence-electron chi connectivity index (χ3n) is 3.38. The lowest BCUT2D eigenvalue weighted by atomic mass is 10.1. The molecule has 0 bridgehead atoms. The fourth-order valence-corrected chi connectivity index (χ4v) is 2.25. The molecule has 18 heavy (non-hydrogen) atoms. The number of likely N-dealkylation sites (tertiary alicyclic amines) is 1. The summed E-state index contributed by atoms with van der Waals surface area (Å²) in [6.07, 6.45) is 5.39. The zero-order chi connectivity index (χ0) is 13.0. The van der Waals surface area contributed by atoms with Gasteiger partial charge in [-0.1, -0.05) is 0 Å². The van der Waals surface area contributed by atoms with E-state index in [0.717, 1.165) is 31.6 Å². The molecule has 5 heteroatoms. The summed E-state index contributed by atoms with van der Waals surface area (Å²) in [5, 5.41) is 3.02. The molecule has 1 aliphatic rings. The Morgan fingerprint density at radius 1 is 1.50 bits per heavy atom. The van der Waals surface area contributed by atoms with E-state index in [0.29, 0.717) is 5.56 Å². The summed E-state index contributed by atoms with van der Waals surface area (Å²) >= 11 is 0. The number of aromatic nitrogens is 1. The van der Waals surface area contributed by atoms with Gasteiger partial charge in [-0.3, -0.25) is 9.78 Å². The molecule has 1 fully saturated rings. The average Bonchev–Trinajstić information content (AvgIpc) is 2.46. The van der Waals surface area contributed by atoms with E-state index in [1.54, 1.807) is 19.5 Å². The van der Waals surface area contributed by atoms with Gasteiger partial charge in [-0.15, -0.1) is 0 Å². The Balaban J connectivity index is 2.08. The molecular weight excluding hydrogens is 230 g/mol. The van der Waals surface area contributed by atoms with Crippen LogP contribution in [0.4, 0.5) is 5.69 Å². The lowest BCUT2D eigenvalue weighted by molar-refractivity contribution is 0.0351. The van der Waals surface area contributed by atoms with Gasteiger partial charge in [-0.2, -0.15) is 0 Å². The molecule has 1 aromatic heterocycles. The van der Waals surface area contributed by atoms with Crippen molar-refractivity contribution in [2.24, 2.45) is 0 Å². The second-order valence-electron chi connectivity index (χ2n) is 4.40. The van der Waals surface area contributed by atoms with Crippen molar-refractivity contribution < 1.29 is 9.53 Å². The minimum atomic E-state index is 0.0435. The van der Waals surface area contributed by atoms with Gasteiger partial charge < -0.3 is 15.0 Å². The van der Waals surface area contributed by atoms with Crippen LogP contribution in [0.2, 0.25) is 0 Å². The summed E-state index contributed by atoms with van der Waals surface area (Å²) in [5.74, 6) is 0.0435. The van der Waals surface area contributed by atoms with Crippen LogP contribution in [0.25, 0.3) is 0 Å². The first-order valence-corrected chi connectivity index (χ1v) is 6.20. The molecule has 1 aliphatic heterocycles. The zero-order valence-corrected chi connectivity index (χ0v) is 10.8. The van der Waals surface area contributed by atoms with Crippen molar-refractivity contribution in [3.05, 3.63) is 24.0 Å². The lowest BCUT2D eigenvalue weighted by Crippen LogP contribution is -2.40. The number of carbonyl (C=O) groups is 1. The third-order valence-corrected chi connectivity index (χ3v) is 3.38. The standard InChI is InChI=1S/C13H19N3O2/c1-14-12-3-6-15-9-11(12)13(17)16-7-4-10(18-2)5-8-16/h3,6,9-10H,4-5,7-8H2,1-2H3,(H,14,15). The number of piperidine rings is 1. The minimum absolute atomic E-state index is 0.0435. The summed E-state index contributed by atoms with van der Waals surface area (Å²) in [4.78, 5) is 18.3. The molecule has 0 radical (unpaired) electrons. The van der Waals surface area contributed by atoms with Gasteiger partial charge in [-0.25, -0.2) is 0 Å². The van der Waals surface area contributed by atoms with Crippen molar-refractivity contribution in [3.63, 3.8) is 0 Å². The number of pyridine rings is 1. The maximum absolute atomic E-state index is 12.4. The van der Waals surface area contributed by atoms with E-state index in [-0.39, 0.29) is 12.0 Å². The SMILES string of the molecule is CNc1ccncc1C(=O)N1CCC(OC)CC1. The van der Waals surface area contributed by atoms with E-state index in [1.165, 1.54) is 0 Å². The Morgan fingerprint density at radius 3 is 2.83 bits per heavy atom. The first-order valence-electron chi connectivity index (χ1n) is 6.20. The molecule has 0 atom stereocenters.